The van der Waals surface area contributed by atoms with Gasteiger partial charge in [-0.2, -0.15) is 0 Å². The van der Waals surface area contributed by atoms with Gasteiger partial charge in [0.2, 0.25) is 0 Å². The van der Waals surface area contributed by atoms with E-state index in [0.29, 0.717) is 24.3 Å². The van der Waals surface area contributed by atoms with Crippen LogP contribution in [0.15, 0.2) is 78.9 Å². The number of halogens is 3. The van der Waals surface area contributed by atoms with Crippen LogP contribution in [0.2, 0.25) is 0 Å². The van der Waals surface area contributed by atoms with Gasteiger partial charge in [0.15, 0.2) is 0 Å². The van der Waals surface area contributed by atoms with E-state index in [0.717, 1.165) is 38.0 Å². The number of likely N-dealkylation sites (tertiary alicyclic amines) is 1. The van der Waals surface area contributed by atoms with Crippen LogP contribution in [0.4, 0.5) is 23.7 Å². The number of carbonyl (C=O) groups excluding carboxylic acids is 3. The fraction of sp³-hybridized carbons (Fsp3) is 0.417. The molecular formula is C36H41F3N4O5. The number of nitrogens with one attached hydrogen (secondary N) is 1. The second-order valence-electron chi connectivity index (χ2n) is 13.3. The van der Waals surface area contributed by atoms with Crippen LogP contribution in [0.5, 0.6) is 5.75 Å². The maximum Gasteiger partial charge on any atom is 0.573 e. The number of benzene rings is 3. The number of anilines is 1. The van der Waals surface area contributed by atoms with Crippen LogP contribution in [0.3, 0.4) is 0 Å². The molecule has 12 heteroatoms. The Kier molecular flexibility index (Phi) is 10.3. The van der Waals surface area contributed by atoms with E-state index in [4.69, 9.17) is 4.74 Å². The number of hydrogen-bond acceptors (Lipinski definition) is 6. The van der Waals surface area contributed by atoms with Crippen molar-refractivity contribution in [2.45, 2.75) is 70.6 Å². The van der Waals surface area contributed by atoms with Crippen molar-refractivity contribution in [2.75, 3.05) is 31.1 Å². The van der Waals surface area contributed by atoms with Gasteiger partial charge < -0.3 is 19.7 Å². The molecule has 256 valence electrons. The predicted molar refractivity (Wildman–Crippen MR) is 174 cm³/mol. The molecular weight excluding hydrogens is 625 g/mol. The molecule has 2 fully saturated rings. The highest BCUT2D eigenvalue weighted by molar-refractivity contribution is 5.96. The largest absolute Gasteiger partial charge is 0.573 e. The Balaban J connectivity index is 1.28. The molecule has 2 aliphatic heterocycles. The van der Waals surface area contributed by atoms with Crippen molar-refractivity contribution in [1.82, 2.24) is 15.1 Å². The Morgan fingerprint density at radius 1 is 0.854 bits per heavy atom. The molecule has 2 heterocycles. The van der Waals surface area contributed by atoms with Crippen LogP contribution in [0.1, 0.15) is 61.5 Å². The number of urea groups is 1. The lowest BCUT2D eigenvalue weighted by atomic mass is 9.86. The molecule has 0 saturated carbocycles. The minimum absolute atomic E-state index is 0.0532. The first kappa shape index (κ1) is 34.7. The highest BCUT2D eigenvalue weighted by Gasteiger charge is 2.51. The molecule has 2 saturated heterocycles. The molecule has 3 aromatic rings. The minimum atomic E-state index is -4.81. The van der Waals surface area contributed by atoms with Crippen LogP contribution >= 0.6 is 0 Å². The van der Waals surface area contributed by atoms with Crippen molar-refractivity contribution in [1.29, 1.82) is 0 Å². The molecule has 0 bridgehead atoms. The van der Waals surface area contributed by atoms with Crippen LogP contribution < -0.4 is 15.0 Å². The quantitative estimate of drug-likeness (QED) is 0.248. The Bertz CT molecular complexity index is 1570. The molecule has 9 nitrogen and oxygen atoms in total. The Morgan fingerprint density at radius 3 is 2.08 bits per heavy atom. The lowest BCUT2D eigenvalue weighted by molar-refractivity contribution is -0.274. The van der Waals surface area contributed by atoms with Crippen LogP contribution in [0, 0.1) is 0 Å². The third-order valence-corrected chi connectivity index (χ3v) is 8.50. The highest BCUT2D eigenvalue weighted by Crippen LogP contribution is 2.40. The second-order valence-corrected chi connectivity index (χ2v) is 13.3. The van der Waals surface area contributed by atoms with E-state index in [1.807, 2.05) is 23.1 Å². The first-order valence-electron chi connectivity index (χ1n) is 16.0. The summed E-state index contributed by atoms with van der Waals surface area (Å²) in [5.74, 6) is -1.07. The number of hydrogen-bond donors (Lipinski definition) is 1. The maximum absolute atomic E-state index is 14.0. The zero-order valence-electron chi connectivity index (χ0n) is 27.4. The van der Waals surface area contributed by atoms with Gasteiger partial charge in [0.1, 0.15) is 11.4 Å². The van der Waals surface area contributed by atoms with Gasteiger partial charge in [0.25, 0.3) is 5.91 Å². The normalized spacial score (nSPS) is 16.7. The molecule has 2 aliphatic rings. The minimum Gasteiger partial charge on any atom is -0.460 e. The Hall–Kier alpha value is -4.58. The summed E-state index contributed by atoms with van der Waals surface area (Å²) in [6, 6.07) is 22.3. The molecule has 3 amide bonds. The first-order valence-corrected chi connectivity index (χ1v) is 16.0. The van der Waals surface area contributed by atoms with E-state index < -0.39 is 23.5 Å². The molecule has 5 rings (SSSR count). The third-order valence-electron chi connectivity index (χ3n) is 8.50. The zero-order valence-corrected chi connectivity index (χ0v) is 27.4. The standard InChI is InChI=1S/C36H41F3N4O5/c1-34(2,3)48-31(44)17-20-40-32(45)28-11-9-27(10-12-28)24-43-33(46)42(29-13-15-30(16-14-29)47-36(37,38)39)25-35(43)18-21-41(22-19-35)23-26-7-5-4-6-8-26/h4-16H,17-25H2,1-3H3,(H,40,45). The molecule has 0 unspecified atom stereocenters. The van der Waals surface area contributed by atoms with Crippen molar-refractivity contribution in [2.24, 2.45) is 0 Å². The molecule has 0 aromatic heterocycles. The summed E-state index contributed by atoms with van der Waals surface area (Å²) < 4.78 is 47.5. The zero-order chi connectivity index (χ0) is 34.5. The summed E-state index contributed by atoms with van der Waals surface area (Å²) in [6.45, 7) is 8.51. The second kappa shape index (κ2) is 14.3. The fourth-order valence-electron chi connectivity index (χ4n) is 6.17. The van der Waals surface area contributed by atoms with E-state index >= 15 is 0 Å². The lowest BCUT2D eigenvalue weighted by Gasteiger charge is -2.44. The molecule has 48 heavy (non-hydrogen) atoms. The smallest absolute Gasteiger partial charge is 0.460 e. The summed E-state index contributed by atoms with van der Waals surface area (Å²) in [7, 11) is 0. The molecule has 0 atom stereocenters. The van der Waals surface area contributed by atoms with Gasteiger partial charge in [-0.3, -0.25) is 19.4 Å². The number of rotatable bonds is 10. The van der Waals surface area contributed by atoms with E-state index in [1.54, 1.807) is 49.9 Å². The van der Waals surface area contributed by atoms with Gasteiger partial charge in [-0.05, 0) is 81.1 Å². The van der Waals surface area contributed by atoms with Gasteiger partial charge in [0, 0.05) is 44.0 Å². The molecule has 0 aliphatic carbocycles. The number of alkyl halides is 3. The van der Waals surface area contributed by atoms with Crippen molar-refractivity contribution in [3.8, 4) is 5.75 Å². The summed E-state index contributed by atoms with van der Waals surface area (Å²) in [5, 5.41) is 2.74. The molecule has 1 N–H and O–H groups in total. The van der Waals surface area contributed by atoms with Crippen LogP contribution in [0.25, 0.3) is 0 Å². The van der Waals surface area contributed by atoms with Crippen molar-refractivity contribution in [3.05, 3.63) is 95.6 Å². The summed E-state index contributed by atoms with van der Waals surface area (Å²) in [5.41, 5.74) is 1.85. The number of amides is 3. The van der Waals surface area contributed by atoms with Gasteiger partial charge in [-0.15, -0.1) is 13.2 Å². The van der Waals surface area contributed by atoms with Gasteiger partial charge >= 0.3 is 18.4 Å². The van der Waals surface area contributed by atoms with E-state index in [2.05, 4.69) is 27.1 Å². The monoisotopic (exact) mass is 666 g/mol. The topological polar surface area (TPSA) is 91.4 Å². The fourth-order valence-corrected chi connectivity index (χ4v) is 6.17. The van der Waals surface area contributed by atoms with Crippen LogP contribution in [-0.4, -0.2) is 71.4 Å². The summed E-state index contributed by atoms with van der Waals surface area (Å²) >= 11 is 0. The Labute approximate surface area is 278 Å². The van der Waals surface area contributed by atoms with Crippen molar-refractivity contribution < 1.29 is 37.0 Å². The summed E-state index contributed by atoms with van der Waals surface area (Å²) in [6.07, 6.45) is -3.32. The van der Waals surface area contributed by atoms with Crippen molar-refractivity contribution >= 4 is 23.6 Å². The predicted octanol–water partition coefficient (Wildman–Crippen LogP) is 6.52. The lowest BCUT2D eigenvalue weighted by Crippen LogP contribution is -2.54. The Morgan fingerprint density at radius 2 is 1.48 bits per heavy atom. The van der Waals surface area contributed by atoms with Gasteiger partial charge in [-0.25, -0.2) is 4.79 Å². The number of esters is 1. The molecule has 1 spiro atoms. The van der Waals surface area contributed by atoms with Crippen LogP contribution in [-0.2, 0) is 22.6 Å². The molecule has 3 aromatic carbocycles. The maximum atomic E-state index is 14.0. The highest BCUT2D eigenvalue weighted by atomic mass is 19.4. The third kappa shape index (κ3) is 9.06. The number of carbonyl (C=O) groups is 3. The van der Waals surface area contributed by atoms with E-state index in [-0.39, 0.29) is 30.7 Å². The number of nitrogens with zero attached hydrogens (tertiary/aromatic N) is 3. The first-order chi connectivity index (χ1) is 22.7. The number of piperidine rings is 1. The van der Waals surface area contributed by atoms with Gasteiger partial charge in [-0.1, -0.05) is 42.5 Å². The average Bonchev–Trinajstić information content (AvgIpc) is 3.28. The SMILES string of the molecule is CC(C)(C)OC(=O)CCNC(=O)c1ccc(CN2C(=O)N(c3ccc(OC(F)(F)F)cc3)CC23CCN(Cc2ccccc2)CC3)cc1. The van der Waals surface area contributed by atoms with Crippen molar-refractivity contribution in [3.63, 3.8) is 0 Å². The summed E-state index contributed by atoms with van der Waals surface area (Å²) in [4.78, 5) is 44.6. The number of ether oxygens (including phenoxy) is 2. The molecule has 0 radical (unpaired) electrons. The van der Waals surface area contributed by atoms with Gasteiger partial charge in [0.05, 0.1) is 18.5 Å². The van der Waals surface area contributed by atoms with E-state index in [9.17, 15) is 27.6 Å². The average molecular weight is 667 g/mol. The van der Waals surface area contributed by atoms with E-state index in [1.165, 1.54) is 29.8 Å².